The zero-order chi connectivity index (χ0) is 24.2. The average Bonchev–Trinajstić information content (AvgIpc) is 2.83. The van der Waals surface area contributed by atoms with Gasteiger partial charge in [0.2, 0.25) is 5.95 Å². The Labute approximate surface area is 201 Å². The molecule has 184 valence electrons. The molecular formula is C23H27F4N5OS. The quantitative estimate of drug-likeness (QED) is 0.460. The molecule has 2 aromatic rings. The van der Waals surface area contributed by atoms with Gasteiger partial charge >= 0.3 is 6.18 Å². The molecule has 1 saturated heterocycles. The van der Waals surface area contributed by atoms with E-state index in [1.807, 2.05) is 0 Å². The third-order valence-electron chi connectivity index (χ3n) is 6.42. The number of alkyl halides is 3. The summed E-state index contributed by atoms with van der Waals surface area (Å²) in [6.07, 6.45) is 0.418. The van der Waals surface area contributed by atoms with Crippen molar-refractivity contribution in [2.75, 3.05) is 43.1 Å². The molecule has 1 aromatic carbocycles. The summed E-state index contributed by atoms with van der Waals surface area (Å²) in [5.74, 6) is -0.336. The molecule has 2 N–H and O–H groups in total. The number of thiocarbonyl (C=S) groups is 1. The molecule has 0 bridgehead atoms. The van der Waals surface area contributed by atoms with Crippen LogP contribution >= 0.6 is 12.2 Å². The minimum Gasteiger partial charge on any atom is -0.378 e. The molecule has 1 aromatic heterocycles. The van der Waals surface area contributed by atoms with Gasteiger partial charge in [0, 0.05) is 31.1 Å². The maximum Gasteiger partial charge on any atom is 0.433 e. The molecule has 11 heteroatoms. The average molecular weight is 498 g/mol. The molecule has 1 aliphatic heterocycles. The Bertz CT molecular complexity index is 990. The normalized spacial score (nSPS) is 18.4. The number of nitrogens with zero attached hydrogens (tertiary/aromatic N) is 3. The van der Waals surface area contributed by atoms with Gasteiger partial charge in [-0.15, -0.1) is 0 Å². The van der Waals surface area contributed by atoms with Crippen LogP contribution in [0.4, 0.5) is 29.3 Å². The van der Waals surface area contributed by atoms with Crippen LogP contribution < -0.4 is 15.5 Å². The third-order valence-corrected chi connectivity index (χ3v) is 6.66. The van der Waals surface area contributed by atoms with Gasteiger partial charge in [-0.2, -0.15) is 18.2 Å². The zero-order valence-electron chi connectivity index (χ0n) is 18.6. The van der Waals surface area contributed by atoms with Crippen molar-refractivity contribution in [1.29, 1.82) is 0 Å². The van der Waals surface area contributed by atoms with Gasteiger partial charge in [0.1, 0.15) is 11.6 Å². The second-order valence-electron chi connectivity index (χ2n) is 8.69. The first-order valence-electron chi connectivity index (χ1n) is 11.4. The van der Waals surface area contributed by atoms with E-state index in [-0.39, 0.29) is 28.1 Å². The molecule has 1 aliphatic carbocycles. The lowest BCUT2D eigenvalue weighted by Gasteiger charge is -2.38. The maximum absolute atomic E-state index is 13.5. The summed E-state index contributed by atoms with van der Waals surface area (Å²) < 4.78 is 59.2. The molecule has 0 atom stereocenters. The first-order chi connectivity index (χ1) is 16.2. The highest BCUT2D eigenvalue weighted by Gasteiger charge is 2.35. The van der Waals surface area contributed by atoms with Gasteiger partial charge in [0.25, 0.3) is 0 Å². The Kier molecular flexibility index (Phi) is 7.51. The minimum atomic E-state index is -4.62. The predicted molar refractivity (Wildman–Crippen MR) is 125 cm³/mol. The van der Waals surface area contributed by atoms with Gasteiger partial charge in [0.15, 0.2) is 10.8 Å². The van der Waals surface area contributed by atoms with Crippen LogP contribution in [0.2, 0.25) is 0 Å². The lowest BCUT2D eigenvalue weighted by atomic mass is 9.69. The van der Waals surface area contributed by atoms with Crippen molar-refractivity contribution in [3.05, 3.63) is 47.4 Å². The molecule has 34 heavy (non-hydrogen) atoms. The number of ether oxygens (including phenoxy) is 1. The molecule has 0 spiro atoms. The van der Waals surface area contributed by atoms with E-state index in [1.165, 1.54) is 12.1 Å². The van der Waals surface area contributed by atoms with E-state index >= 15 is 0 Å². The molecule has 0 amide bonds. The van der Waals surface area contributed by atoms with Gasteiger partial charge in [-0.3, -0.25) is 0 Å². The Balaban J connectivity index is 1.49. The molecule has 0 unspecified atom stereocenters. The molecular weight excluding hydrogens is 470 g/mol. The van der Waals surface area contributed by atoms with E-state index < -0.39 is 11.9 Å². The van der Waals surface area contributed by atoms with Crippen LogP contribution in [-0.2, 0) is 16.3 Å². The Morgan fingerprint density at radius 1 is 1.06 bits per heavy atom. The second-order valence-corrected chi connectivity index (χ2v) is 9.10. The highest BCUT2D eigenvalue weighted by atomic mass is 32.1. The van der Waals surface area contributed by atoms with Crippen LogP contribution in [0.5, 0.6) is 0 Å². The molecule has 2 fully saturated rings. The summed E-state index contributed by atoms with van der Waals surface area (Å²) >= 11 is 5.38. The van der Waals surface area contributed by atoms with Crippen molar-refractivity contribution in [2.45, 2.75) is 43.7 Å². The van der Waals surface area contributed by atoms with Crippen LogP contribution in [0.3, 0.4) is 0 Å². The first kappa shape index (κ1) is 24.6. The number of aromatic nitrogens is 2. The van der Waals surface area contributed by atoms with E-state index in [0.29, 0.717) is 32.8 Å². The number of halogens is 4. The standard InChI is InChI=1S/C23H27F4N5OS/c24-17-6-4-16(5-7-17)22(8-2-1-3-9-22)15-28-21(34)31-20-29-18(23(25,26)27)14-19(30-20)32-10-12-33-13-11-32/h4-7,14H,1-3,8-13,15H2,(H2,28,29,30,31,34). The summed E-state index contributed by atoms with van der Waals surface area (Å²) in [6.45, 7) is 2.19. The number of hydrogen-bond donors (Lipinski definition) is 2. The number of morpholine rings is 1. The van der Waals surface area contributed by atoms with Crippen molar-refractivity contribution in [2.24, 2.45) is 0 Å². The van der Waals surface area contributed by atoms with E-state index in [4.69, 9.17) is 17.0 Å². The van der Waals surface area contributed by atoms with Crippen LogP contribution in [0.25, 0.3) is 0 Å². The lowest BCUT2D eigenvalue weighted by molar-refractivity contribution is -0.141. The van der Waals surface area contributed by atoms with Gasteiger partial charge in [-0.05, 0) is 42.8 Å². The van der Waals surface area contributed by atoms with Crippen molar-refractivity contribution >= 4 is 29.1 Å². The number of anilines is 2. The summed E-state index contributed by atoms with van der Waals surface area (Å²) in [4.78, 5) is 9.64. The van der Waals surface area contributed by atoms with Crippen LogP contribution in [0, 0.1) is 5.82 Å². The Morgan fingerprint density at radius 3 is 2.38 bits per heavy atom. The minimum absolute atomic E-state index is 0.138. The summed E-state index contributed by atoms with van der Waals surface area (Å²) in [5.41, 5.74) is -0.246. The molecule has 0 radical (unpaired) electrons. The number of rotatable bonds is 5. The number of nitrogens with one attached hydrogen (secondary N) is 2. The van der Waals surface area contributed by atoms with Crippen LogP contribution in [-0.4, -0.2) is 47.9 Å². The summed E-state index contributed by atoms with van der Waals surface area (Å²) in [7, 11) is 0. The van der Waals surface area contributed by atoms with E-state index in [1.54, 1.807) is 17.0 Å². The fourth-order valence-corrected chi connectivity index (χ4v) is 4.75. The monoisotopic (exact) mass is 497 g/mol. The maximum atomic E-state index is 13.5. The highest BCUT2D eigenvalue weighted by Crippen LogP contribution is 2.39. The zero-order valence-corrected chi connectivity index (χ0v) is 19.4. The second kappa shape index (κ2) is 10.4. The molecule has 4 rings (SSSR count). The van der Waals surface area contributed by atoms with E-state index in [2.05, 4.69) is 20.6 Å². The van der Waals surface area contributed by atoms with Gasteiger partial charge in [-0.1, -0.05) is 31.4 Å². The predicted octanol–water partition coefficient (Wildman–Crippen LogP) is 4.66. The topological polar surface area (TPSA) is 62.3 Å². The first-order valence-corrected chi connectivity index (χ1v) is 11.8. The molecule has 1 saturated carbocycles. The summed E-state index contributed by atoms with van der Waals surface area (Å²) in [5, 5.41) is 6.01. The van der Waals surface area contributed by atoms with Crippen molar-refractivity contribution in [3.63, 3.8) is 0 Å². The summed E-state index contributed by atoms with van der Waals surface area (Å²) in [6, 6.07) is 7.43. The van der Waals surface area contributed by atoms with Crippen molar-refractivity contribution < 1.29 is 22.3 Å². The largest absolute Gasteiger partial charge is 0.433 e. The molecule has 6 nitrogen and oxygen atoms in total. The van der Waals surface area contributed by atoms with Gasteiger partial charge < -0.3 is 20.3 Å². The van der Waals surface area contributed by atoms with Crippen LogP contribution in [0.15, 0.2) is 30.3 Å². The van der Waals surface area contributed by atoms with Crippen molar-refractivity contribution in [3.8, 4) is 0 Å². The van der Waals surface area contributed by atoms with E-state index in [9.17, 15) is 17.6 Å². The molecule has 2 heterocycles. The smallest absolute Gasteiger partial charge is 0.378 e. The fourth-order valence-electron chi connectivity index (χ4n) is 4.58. The lowest BCUT2D eigenvalue weighted by Crippen LogP contribution is -2.43. The number of benzene rings is 1. The third kappa shape index (κ3) is 5.93. The van der Waals surface area contributed by atoms with Crippen LogP contribution in [0.1, 0.15) is 43.4 Å². The Morgan fingerprint density at radius 2 is 1.74 bits per heavy atom. The fraction of sp³-hybridized carbons (Fsp3) is 0.522. The van der Waals surface area contributed by atoms with Crippen molar-refractivity contribution in [1.82, 2.24) is 15.3 Å². The Hall–Kier alpha value is -2.53. The molecule has 2 aliphatic rings. The van der Waals surface area contributed by atoms with E-state index in [0.717, 1.165) is 43.7 Å². The number of hydrogen-bond acceptors (Lipinski definition) is 5. The highest BCUT2D eigenvalue weighted by molar-refractivity contribution is 7.80. The SMILES string of the molecule is Fc1ccc(C2(CNC(=S)Nc3nc(N4CCOCC4)cc(C(F)(F)F)n3)CCCCC2)cc1. The van der Waals surface area contributed by atoms with Gasteiger partial charge in [-0.25, -0.2) is 9.37 Å². The van der Waals surface area contributed by atoms with Gasteiger partial charge in [0.05, 0.1) is 13.2 Å².